The van der Waals surface area contributed by atoms with Crippen LogP contribution < -0.4 is 0 Å². The van der Waals surface area contributed by atoms with Crippen LogP contribution >= 0.6 is 0 Å². The largest absolute Gasteiger partial charge is 0.106 e. The molecule has 0 heteroatoms. The van der Waals surface area contributed by atoms with Crippen LogP contribution in [-0.2, 0) is 0 Å². The van der Waals surface area contributed by atoms with Crippen molar-refractivity contribution in [1.82, 2.24) is 0 Å². The molecular formula is C15H18. The molecule has 0 fully saturated rings. The van der Waals surface area contributed by atoms with Crippen molar-refractivity contribution in [2.24, 2.45) is 0 Å². The molecule has 2 rings (SSSR count). The summed E-state index contributed by atoms with van der Waals surface area (Å²) in [4.78, 5) is 0. The van der Waals surface area contributed by atoms with E-state index in [0.29, 0.717) is 0 Å². The van der Waals surface area contributed by atoms with E-state index in [2.05, 4.69) is 42.7 Å². The van der Waals surface area contributed by atoms with Crippen LogP contribution in [0.5, 0.6) is 0 Å². The zero-order chi connectivity index (χ0) is 11.8. The standard InChI is InChI=1S/2C5H4.C3H6.C2H4/c2*1-2-4-5-3-1;1-3-2;1-2/h2*1,4H,2H2;3H,1H2,2H3;1-2H2. The van der Waals surface area contributed by atoms with E-state index in [9.17, 15) is 0 Å². The molecule has 0 aliphatic heterocycles. The average Bonchev–Trinajstić information content (AvgIpc) is 3.01. The Kier molecular flexibility index (Phi) is 18.6. The highest BCUT2D eigenvalue weighted by Crippen LogP contribution is 1.85. The zero-order valence-corrected chi connectivity index (χ0v) is 9.42. The monoisotopic (exact) mass is 198 g/mol. The van der Waals surface area contributed by atoms with E-state index in [1.165, 1.54) is 0 Å². The van der Waals surface area contributed by atoms with Crippen LogP contribution in [0.15, 0.2) is 73.0 Å². The molecule has 0 amide bonds. The van der Waals surface area contributed by atoms with Gasteiger partial charge >= 0.3 is 0 Å². The Bertz CT molecular complexity index is 270. The van der Waals surface area contributed by atoms with Crippen molar-refractivity contribution in [3.8, 4) is 0 Å². The summed E-state index contributed by atoms with van der Waals surface area (Å²) in [6.07, 6.45) is 11.6. The van der Waals surface area contributed by atoms with Crippen molar-refractivity contribution in [3.63, 3.8) is 0 Å². The molecular weight excluding hydrogens is 180 g/mol. The number of hydrogen-bond donors (Lipinski definition) is 0. The third-order valence-corrected chi connectivity index (χ3v) is 1.05. The minimum Gasteiger partial charge on any atom is -0.106 e. The first-order valence-corrected chi connectivity index (χ1v) is 4.77. The molecule has 0 spiro atoms. The maximum Gasteiger partial charge on any atom is -0.000387 e. The van der Waals surface area contributed by atoms with Crippen LogP contribution in [-0.4, -0.2) is 0 Å². The SMILES string of the molecule is C1=C=CCC=1.C1=C=CCC=1.C=C.C=CC. The normalized spacial score (nSPS) is 10.7. The van der Waals surface area contributed by atoms with Gasteiger partial charge in [-0.25, -0.2) is 0 Å². The van der Waals surface area contributed by atoms with Crippen molar-refractivity contribution in [2.45, 2.75) is 19.8 Å². The maximum atomic E-state index is 3.36. The highest BCUT2D eigenvalue weighted by molar-refractivity contribution is 4.99. The lowest BCUT2D eigenvalue weighted by molar-refractivity contribution is 1.44. The first kappa shape index (κ1) is 15.5. The van der Waals surface area contributed by atoms with Crippen LogP contribution in [0.4, 0.5) is 0 Å². The van der Waals surface area contributed by atoms with Crippen molar-refractivity contribution in [1.29, 1.82) is 0 Å². The Labute approximate surface area is 93.3 Å². The first-order valence-electron chi connectivity index (χ1n) is 4.77. The molecule has 0 radical (unpaired) electrons. The van der Waals surface area contributed by atoms with E-state index in [1.807, 2.05) is 31.2 Å². The van der Waals surface area contributed by atoms with E-state index in [-0.39, 0.29) is 0 Å². The smallest absolute Gasteiger partial charge is 0.000387 e. The van der Waals surface area contributed by atoms with Gasteiger partial charge in [-0.3, -0.25) is 0 Å². The molecule has 0 N–H and O–H groups in total. The predicted molar refractivity (Wildman–Crippen MR) is 68.7 cm³/mol. The molecule has 0 aromatic rings. The Morgan fingerprint density at radius 3 is 1.13 bits per heavy atom. The fourth-order valence-corrected chi connectivity index (χ4v) is 0.589. The van der Waals surface area contributed by atoms with E-state index in [1.54, 1.807) is 6.08 Å². The van der Waals surface area contributed by atoms with Gasteiger partial charge in [0.15, 0.2) is 0 Å². The molecule has 0 aromatic heterocycles. The van der Waals surface area contributed by atoms with E-state index >= 15 is 0 Å². The van der Waals surface area contributed by atoms with Crippen molar-refractivity contribution < 1.29 is 0 Å². The van der Waals surface area contributed by atoms with Gasteiger partial charge in [-0.2, -0.15) is 0 Å². The van der Waals surface area contributed by atoms with E-state index in [0.717, 1.165) is 12.8 Å². The fourth-order valence-electron chi connectivity index (χ4n) is 0.589. The van der Waals surface area contributed by atoms with Gasteiger partial charge < -0.3 is 0 Å². The molecule has 0 heterocycles. The van der Waals surface area contributed by atoms with Gasteiger partial charge in [-0.1, -0.05) is 29.0 Å². The minimum absolute atomic E-state index is 1.03. The van der Waals surface area contributed by atoms with Gasteiger partial charge in [0.05, 0.1) is 0 Å². The highest BCUT2D eigenvalue weighted by Gasteiger charge is 1.67. The molecule has 2 aliphatic carbocycles. The molecule has 15 heavy (non-hydrogen) atoms. The second-order valence-corrected chi connectivity index (χ2v) is 2.27. The predicted octanol–water partition coefficient (Wildman–Crippen LogP) is 4.51. The Morgan fingerprint density at radius 2 is 1.07 bits per heavy atom. The van der Waals surface area contributed by atoms with Gasteiger partial charge in [0.25, 0.3) is 0 Å². The van der Waals surface area contributed by atoms with Crippen LogP contribution in [0, 0.1) is 0 Å². The van der Waals surface area contributed by atoms with Crippen molar-refractivity contribution in [2.75, 3.05) is 0 Å². The first-order chi connectivity index (χ1) is 7.41. The summed E-state index contributed by atoms with van der Waals surface area (Å²) in [7, 11) is 0. The number of rotatable bonds is 0. The lowest BCUT2D eigenvalue weighted by Crippen LogP contribution is -1.38. The summed E-state index contributed by atoms with van der Waals surface area (Å²) in [5.41, 5.74) is 11.2. The van der Waals surface area contributed by atoms with Crippen LogP contribution in [0.2, 0.25) is 0 Å². The molecule has 0 saturated heterocycles. The van der Waals surface area contributed by atoms with E-state index < -0.39 is 0 Å². The van der Waals surface area contributed by atoms with Gasteiger partial charge in [0.2, 0.25) is 0 Å². The Balaban J connectivity index is 0. The van der Waals surface area contributed by atoms with Crippen LogP contribution in [0.1, 0.15) is 19.8 Å². The van der Waals surface area contributed by atoms with Crippen molar-refractivity contribution in [3.05, 3.63) is 73.0 Å². The fraction of sp³-hybridized carbons (Fsp3) is 0.200. The number of allylic oxidation sites excluding steroid dienone is 5. The van der Waals surface area contributed by atoms with Crippen LogP contribution in [0.25, 0.3) is 0 Å². The third-order valence-electron chi connectivity index (χ3n) is 1.05. The second kappa shape index (κ2) is 18.0. The molecule has 0 aromatic carbocycles. The number of hydrogen-bond acceptors (Lipinski definition) is 0. The molecule has 0 bridgehead atoms. The highest BCUT2D eigenvalue weighted by atomic mass is 13.7. The molecule has 0 nitrogen and oxygen atoms in total. The molecule has 0 unspecified atom stereocenters. The lowest BCUT2D eigenvalue weighted by atomic mass is 10.5. The summed E-state index contributed by atoms with van der Waals surface area (Å²) < 4.78 is 0. The zero-order valence-electron chi connectivity index (χ0n) is 9.42. The molecule has 0 saturated carbocycles. The van der Waals surface area contributed by atoms with E-state index in [4.69, 9.17) is 0 Å². The molecule has 78 valence electrons. The topological polar surface area (TPSA) is 0 Å². The summed E-state index contributed by atoms with van der Waals surface area (Å²) in [6.45, 7) is 11.2. The quantitative estimate of drug-likeness (QED) is 0.397. The summed E-state index contributed by atoms with van der Waals surface area (Å²) >= 11 is 0. The molecule has 2 aliphatic rings. The average molecular weight is 198 g/mol. The minimum atomic E-state index is 1.03. The summed E-state index contributed by atoms with van der Waals surface area (Å²) in [5.74, 6) is 0. The second-order valence-electron chi connectivity index (χ2n) is 2.27. The molecule has 0 atom stereocenters. The van der Waals surface area contributed by atoms with Crippen molar-refractivity contribution >= 4 is 0 Å². The van der Waals surface area contributed by atoms with Crippen LogP contribution in [0.3, 0.4) is 0 Å². The Hall–Kier alpha value is -1.92. The lowest BCUT2D eigenvalue weighted by Gasteiger charge is -1.55. The van der Waals surface area contributed by atoms with Gasteiger partial charge in [-0.05, 0) is 44.1 Å². The maximum absolute atomic E-state index is 3.36. The third kappa shape index (κ3) is 18.8. The summed E-state index contributed by atoms with van der Waals surface area (Å²) in [6, 6.07) is 0. The van der Waals surface area contributed by atoms with Gasteiger partial charge in [0, 0.05) is 0 Å². The Morgan fingerprint density at radius 1 is 0.867 bits per heavy atom. The van der Waals surface area contributed by atoms with Gasteiger partial charge in [-0.15, -0.1) is 19.7 Å². The summed E-state index contributed by atoms with van der Waals surface area (Å²) in [5, 5.41) is 0. The van der Waals surface area contributed by atoms with Gasteiger partial charge in [0.1, 0.15) is 0 Å².